The highest BCUT2D eigenvalue weighted by atomic mass is 19.4. The number of halogens is 3. The Morgan fingerprint density at radius 1 is 1.38 bits per heavy atom. The van der Waals surface area contributed by atoms with Crippen LogP contribution in [0.5, 0.6) is 0 Å². The molecule has 0 unspecified atom stereocenters. The van der Waals surface area contributed by atoms with Gasteiger partial charge < -0.3 is 10.6 Å². The summed E-state index contributed by atoms with van der Waals surface area (Å²) in [6.07, 6.45) is -2.47. The molecule has 2 N–H and O–H groups in total. The molecule has 1 saturated heterocycles. The van der Waals surface area contributed by atoms with Gasteiger partial charge in [0.2, 0.25) is 5.91 Å². The van der Waals surface area contributed by atoms with E-state index in [1.165, 1.54) is 31.2 Å². The topological polar surface area (TPSA) is 46.3 Å². The van der Waals surface area contributed by atoms with Crippen LogP contribution in [-0.2, 0) is 11.0 Å². The molecular weight excluding hydrogens is 281 g/mol. The van der Waals surface area contributed by atoms with E-state index >= 15 is 0 Å². The van der Waals surface area contributed by atoms with Crippen LogP contribution in [0.2, 0.25) is 0 Å². The van der Waals surface area contributed by atoms with Crippen LogP contribution in [0.25, 0.3) is 5.57 Å². The maximum Gasteiger partial charge on any atom is 0.416 e. The average Bonchev–Trinajstić information content (AvgIpc) is 2.84. The normalized spacial score (nSPS) is 20.0. The van der Waals surface area contributed by atoms with Gasteiger partial charge in [0, 0.05) is 25.2 Å². The van der Waals surface area contributed by atoms with Crippen molar-refractivity contribution in [3.05, 3.63) is 41.5 Å². The number of likely N-dealkylation sites (tertiary alicyclic amines) is 1. The Labute approximate surface area is 121 Å². The zero-order chi connectivity index (χ0) is 15.6. The molecule has 0 saturated carbocycles. The number of nitrogens with zero attached hydrogens (tertiary/aromatic N) is 1. The first kappa shape index (κ1) is 15.6. The molecule has 0 aromatic heterocycles. The highest BCUT2D eigenvalue weighted by molar-refractivity contribution is 5.95. The van der Waals surface area contributed by atoms with E-state index in [1.807, 2.05) is 0 Å². The molecule has 0 aliphatic carbocycles. The lowest BCUT2D eigenvalue weighted by Crippen LogP contribution is -2.30. The van der Waals surface area contributed by atoms with E-state index in [0.29, 0.717) is 18.7 Å². The molecule has 1 aromatic rings. The highest BCUT2D eigenvalue weighted by Gasteiger charge is 2.33. The molecule has 1 aliphatic rings. The van der Waals surface area contributed by atoms with Gasteiger partial charge in [-0.2, -0.15) is 13.2 Å². The van der Waals surface area contributed by atoms with Crippen LogP contribution in [0.1, 0.15) is 24.5 Å². The number of carbonyl (C=O) groups is 1. The standard InChI is InChI=1S/C15H17F3N2O/c1-10(8-14(21)20-7-6-11(19)9-20)12-4-2-3-5-13(12)15(16,17)18/h2-5,8,11H,6-7,9,19H2,1H3/b10-8+/t11-/m0/s1. The number of alkyl halides is 3. The molecule has 6 heteroatoms. The van der Waals surface area contributed by atoms with Crippen molar-refractivity contribution < 1.29 is 18.0 Å². The maximum atomic E-state index is 13.0. The minimum Gasteiger partial charge on any atom is -0.338 e. The first-order valence-corrected chi connectivity index (χ1v) is 6.68. The van der Waals surface area contributed by atoms with Crippen molar-refractivity contribution in [3.8, 4) is 0 Å². The van der Waals surface area contributed by atoms with E-state index < -0.39 is 11.7 Å². The average molecular weight is 298 g/mol. The van der Waals surface area contributed by atoms with Crippen molar-refractivity contribution in [3.63, 3.8) is 0 Å². The molecule has 1 aliphatic heterocycles. The van der Waals surface area contributed by atoms with E-state index in [1.54, 1.807) is 4.90 Å². The van der Waals surface area contributed by atoms with E-state index in [0.717, 1.165) is 12.5 Å². The zero-order valence-corrected chi connectivity index (χ0v) is 11.7. The minimum absolute atomic E-state index is 0.0295. The Morgan fingerprint density at radius 2 is 2.05 bits per heavy atom. The lowest BCUT2D eigenvalue weighted by molar-refractivity contribution is -0.137. The molecule has 21 heavy (non-hydrogen) atoms. The van der Waals surface area contributed by atoms with E-state index in [-0.39, 0.29) is 17.5 Å². The van der Waals surface area contributed by atoms with Crippen molar-refractivity contribution in [2.75, 3.05) is 13.1 Å². The summed E-state index contributed by atoms with van der Waals surface area (Å²) in [5, 5.41) is 0. The van der Waals surface area contributed by atoms with Crippen molar-refractivity contribution >= 4 is 11.5 Å². The third-order valence-corrected chi connectivity index (χ3v) is 3.53. The van der Waals surface area contributed by atoms with E-state index in [2.05, 4.69) is 0 Å². The summed E-state index contributed by atoms with van der Waals surface area (Å²) in [5.74, 6) is -0.294. The summed E-state index contributed by atoms with van der Waals surface area (Å²) in [5.41, 5.74) is 5.32. The van der Waals surface area contributed by atoms with Crippen LogP contribution in [0.15, 0.2) is 30.3 Å². The third-order valence-electron chi connectivity index (χ3n) is 3.53. The second-order valence-electron chi connectivity index (χ2n) is 5.20. The van der Waals surface area contributed by atoms with Crippen LogP contribution >= 0.6 is 0 Å². The Balaban J connectivity index is 2.26. The molecule has 1 fully saturated rings. The van der Waals surface area contributed by atoms with Gasteiger partial charge >= 0.3 is 6.18 Å². The molecule has 1 aromatic carbocycles. The van der Waals surface area contributed by atoms with Gasteiger partial charge in [0.05, 0.1) is 5.56 Å². The fraction of sp³-hybridized carbons (Fsp3) is 0.400. The van der Waals surface area contributed by atoms with Crippen LogP contribution in [0.4, 0.5) is 13.2 Å². The quantitative estimate of drug-likeness (QED) is 0.853. The minimum atomic E-state index is -4.44. The predicted molar refractivity (Wildman–Crippen MR) is 74.3 cm³/mol. The van der Waals surface area contributed by atoms with Gasteiger partial charge in [-0.15, -0.1) is 0 Å². The number of hydrogen-bond acceptors (Lipinski definition) is 2. The van der Waals surface area contributed by atoms with Gasteiger partial charge in [-0.25, -0.2) is 0 Å². The molecule has 1 amide bonds. The van der Waals surface area contributed by atoms with Gasteiger partial charge in [0.25, 0.3) is 0 Å². The van der Waals surface area contributed by atoms with Gasteiger partial charge in [0.15, 0.2) is 0 Å². The summed E-state index contributed by atoms with van der Waals surface area (Å²) in [6.45, 7) is 2.51. The highest BCUT2D eigenvalue weighted by Crippen LogP contribution is 2.34. The first-order valence-electron chi connectivity index (χ1n) is 6.68. The number of allylic oxidation sites excluding steroid dienone is 1. The molecule has 0 bridgehead atoms. The van der Waals surface area contributed by atoms with Crippen LogP contribution < -0.4 is 5.73 Å². The first-order chi connectivity index (χ1) is 9.79. The summed E-state index contributed by atoms with van der Waals surface area (Å²) in [6, 6.07) is 5.20. The van der Waals surface area contributed by atoms with Gasteiger partial charge in [0.1, 0.15) is 0 Å². The Bertz CT molecular complexity index is 566. The summed E-state index contributed by atoms with van der Waals surface area (Å²) >= 11 is 0. The molecule has 3 nitrogen and oxygen atoms in total. The van der Waals surface area contributed by atoms with Crippen LogP contribution in [0, 0.1) is 0 Å². The van der Waals surface area contributed by atoms with Crippen molar-refractivity contribution in [1.82, 2.24) is 4.90 Å². The predicted octanol–water partition coefficient (Wildman–Crippen LogP) is 2.67. The molecule has 0 radical (unpaired) electrons. The number of rotatable bonds is 2. The van der Waals surface area contributed by atoms with Crippen molar-refractivity contribution in [2.24, 2.45) is 5.73 Å². The Morgan fingerprint density at radius 3 is 2.62 bits per heavy atom. The monoisotopic (exact) mass is 298 g/mol. The molecule has 114 valence electrons. The number of carbonyl (C=O) groups excluding carboxylic acids is 1. The van der Waals surface area contributed by atoms with Gasteiger partial charge in [-0.3, -0.25) is 4.79 Å². The number of nitrogens with two attached hydrogens (primary N) is 1. The van der Waals surface area contributed by atoms with Crippen LogP contribution in [0.3, 0.4) is 0 Å². The lowest BCUT2D eigenvalue weighted by atomic mass is 10.00. The second kappa shape index (κ2) is 5.89. The lowest BCUT2D eigenvalue weighted by Gasteiger charge is -2.16. The number of amides is 1. The summed E-state index contributed by atoms with van der Waals surface area (Å²) < 4.78 is 38.9. The van der Waals surface area contributed by atoms with E-state index in [4.69, 9.17) is 5.73 Å². The smallest absolute Gasteiger partial charge is 0.338 e. The fourth-order valence-electron chi connectivity index (χ4n) is 2.42. The largest absolute Gasteiger partial charge is 0.416 e. The second-order valence-corrected chi connectivity index (χ2v) is 5.20. The Hall–Kier alpha value is -1.82. The summed E-state index contributed by atoms with van der Waals surface area (Å²) in [4.78, 5) is 13.6. The van der Waals surface area contributed by atoms with Crippen LogP contribution in [-0.4, -0.2) is 29.9 Å². The number of hydrogen-bond donors (Lipinski definition) is 1. The van der Waals surface area contributed by atoms with Crippen molar-refractivity contribution in [1.29, 1.82) is 0 Å². The SMILES string of the molecule is C/C(=C\C(=O)N1CC[C@H](N)C1)c1ccccc1C(F)(F)F. The van der Waals surface area contributed by atoms with Crippen molar-refractivity contribution in [2.45, 2.75) is 25.6 Å². The molecule has 1 heterocycles. The summed E-state index contributed by atoms with van der Waals surface area (Å²) in [7, 11) is 0. The molecule has 1 atom stereocenters. The fourth-order valence-corrected chi connectivity index (χ4v) is 2.42. The molecular formula is C15H17F3N2O. The zero-order valence-electron chi connectivity index (χ0n) is 11.7. The van der Waals surface area contributed by atoms with Gasteiger partial charge in [-0.1, -0.05) is 18.2 Å². The Kier molecular flexibility index (Phi) is 4.37. The molecule has 0 spiro atoms. The maximum absolute atomic E-state index is 13.0. The molecule has 2 rings (SSSR count). The van der Waals surface area contributed by atoms with Gasteiger partial charge in [-0.05, 0) is 30.5 Å². The van der Waals surface area contributed by atoms with E-state index in [9.17, 15) is 18.0 Å². The third kappa shape index (κ3) is 3.64. The number of benzene rings is 1.